The van der Waals surface area contributed by atoms with Crippen LogP contribution in [0.2, 0.25) is 0 Å². The Morgan fingerprint density at radius 1 is 1.03 bits per heavy atom. The highest BCUT2D eigenvalue weighted by atomic mass is 16.5. The summed E-state index contributed by atoms with van der Waals surface area (Å²) >= 11 is 0. The third kappa shape index (κ3) is 3.88. The molecule has 1 saturated heterocycles. The number of carbonyl (C=O) groups is 4. The van der Waals surface area contributed by atoms with E-state index in [4.69, 9.17) is 9.84 Å². The van der Waals surface area contributed by atoms with Crippen LogP contribution in [-0.4, -0.2) is 58.5 Å². The molecular formula is C29H24N4O6. The van der Waals surface area contributed by atoms with Crippen LogP contribution in [0.3, 0.4) is 0 Å². The Bertz CT molecular complexity index is 1640. The number of ether oxygens (including phenoxy) is 1. The largest absolute Gasteiger partial charge is 0.497 e. The van der Waals surface area contributed by atoms with Gasteiger partial charge in [-0.05, 0) is 41.5 Å². The molecule has 39 heavy (non-hydrogen) atoms. The molecule has 1 aromatic heterocycles. The molecule has 2 atom stereocenters. The minimum absolute atomic E-state index is 0.0327. The third-order valence-corrected chi connectivity index (χ3v) is 7.27. The molecule has 3 N–H and O–H groups in total. The number of hydrogen-bond acceptors (Lipinski definition) is 5. The van der Waals surface area contributed by atoms with Crippen molar-refractivity contribution in [3.63, 3.8) is 0 Å². The maximum atomic E-state index is 14.1. The number of fused-ring (bicyclic) bond motifs is 4. The molecule has 0 spiro atoms. The summed E-state index contributed by atoms with van der Waals surface area (Å²) in [5, 5.41) is 12.3. The Hall–Kier alpha value is -5.12. The molecule has 6 rings (SSSR count). The molecule has 2 aliphatic rings. The summed E-state index contributed by atoms with van der Waals surface area (Å²) < 4.78 is 5.32. The van der Waals surface area contributed by atoms with Crippen molar-refractivity contribution < 1.29 is 29.0 Å². The van der Waals surface area contributed by atoms with E-state index in [1.54, 1.807) is 24.1 Å². The SMILES string of the molecule is COc1ccc(C2c3[nH]c4ccccc4c3CC3C(=O)N(c4ccccc4C(=O)NCC(=O)O)C(=O)N32)cc1. The first-order chi connectivity index (χ1) is 18.9. The highest BCUT2D eigenvalue weighted by molar-refractivity contribution is 6.24. The fourth-order valence-corrected chi connectivity index (χ4v) is 5.54. The van der Waals surface area contributed by atoms with Crippen LogP contribution in [0.25, 0.3) is 10.9 Å². The van der Waals surface area contributed by atoms with Crippen LogP contribution in [0.5, 0.6) is 5.75 Å². The molecule has 3 heterocycles. The maximum absolute atomic E-state index is 14.1. The van der Waals surface area contributed by atoms with Gasteiger partial charge >= 0.3 is 12.0 Å². The van der Waals surface area contributed by atoms with Gasteiger partial charge in [-0.3, -0.25) is 19.3 Å². The average Bonchev–Trinajstić information content (AvgIpc) is 3.44. The van der Waals surface area contributed by atoms with Gasteiger partial charge in [0, 0.05) is 23.0 Å². The van der Waals surface area contributed by atoms with Crippen molar-refractivity contribution >= 4 is 40.4 Å². The smallest absolute Gasteiger partial charge is 0.332 e. The van der Waals surface area contributed by atoms with E-state index in [2.05, 4.69) is 10.3 Å². The lowest BCUT2D eigenvalue weighted by Crippen LogP contribution is -2.44. The van der Waals surface area contributed by atoms with E-state index in [0.717, 1.165) is 32.6 Å². The molecule has 2 aliphatic heterocycles. The molecule has 0 saturated carbocycles. The molecule has 4 aromatic rings. The van der Waals surface area contributed by atoms with Crippen LogP contribution in [-0.2, 0) is 16.0 Å². The molecule has 4 amide bonds. The first-order valence-electron chi connectivity index (χ1n) is 12.4. The van der Waals surface area contributed by atoms with E-state index >= 15 is 0 Å². The van der Waals surface area contributed by atoms with Crippen molar-refractivity contribution in [1.29, 1.82) is 0 Å². The predicted molar refractivity (Wildman–Crippen MR) is 142 cm³/mol. The number of nitrogens with zero attached hydrogens (tertiary/aromatic N) is 2. The second-order valence-corrected chi connectivity index (χ2v) is 9.42. The van der Waals surface area contributed by atoms with Gasteiger partial charge in [0.05, 0.1) is 18.4 Å². The second-order valence-electron chi connectivity index (χ2n) is 9.42. The van der Waals surface area contributed by atoms with Gasteiger partial charge < -0.3 is 20.1 Å². The number of amides is 4. The minimum atomic E-state index is -1.21. The highest BCUT2D eigenvalue weighted by Gasteiger charge is 2.53. The number of aliphatic carboxylic acids is 1. The number of rotatable bonds is 6. The zero-order valence-electron chi connectivity index (χ0n) is 20.9. The monoisotopic (exact) mass is 524 g/mol. The van der Waals surface area contributed by atoms with E-state index < -0.39 is 42.4 Å². The molecule has 196 valence electrons. The zero-order valence-corrected chi connectivity index (χ0v) is 20.9. The number of anilines is 1. The molecule has 10 heteroatoms. The number of para-hydroxylation sites is 2. The number of nitrogens with one attached hydrogen (secondary N) is 2. The van der Waals surface area contributed by atoms with Crippen molar-refractivity contribution in [2.75, 3.05) is 18.6 Å². The van der Waals surface area contributed by atoms with E-state index in [0.29, 0.717) is 12.2 Å². The van der Waals surface area contributed by atoms with Gasteiger partial charge in [-0.1, -0.05) is 42.5 Å². The quantitative estimate of drug-likeness (QED) is 0.331. The Morgan fingerprint density at radius 3 is 2.49 bits per heavy atom. The number of urea groups is 1. The summed E-state index contributed by atoms with van der Waals surface area (Å²) in [5.41, 5.74) is 3.64. The Balaban J connectivity index is 1.47. The Morgan fingerprint density at radius 2 is 1.74 bits per heavy atom. The van der Waals surface area contributed by atoms with Crippen molar-refractivity contribution in [2.45, 2.75) is 18.5 Å². The first kappa shape index (κ1) is 24.2. The van der Waals surface area contributed by atoms with Gasteiger partial charge in [-0.2, -0.15) is 0 Å². The van der Waals surface area contributed by atoms with E-state index in [-0.39, 0.29) is 11.3 Å². The van der Waals surface area contributed by atoms with Gasteiger partial charge in [-0.25, -0.2) is 9.69 Å². The number of carboxylic acid groups (broad SMARTS) is 1. The Labute approximate surface area is 222 Å². The van der Waals surface area contributed by atoms with E-state index in [9.17, 15) is 19.2 Å². The number of methoxy groups -OCH3 is 1. The molecule has 2 unspecified atom stereocenters. The molecule has 0 bridgehead atoms. The van der Waals surface area contributed by atoms with Crippen LogP contribution in [0.15, 0.2) is 72.8 Å². The van der Waals surface area contributed by atoms with E-state index in [1.807, 2.05) is 48.5 Å². The summed E-state index contributed by atoms with van der Waals surface area (Å²) in [6.07, 6.45) is 0.306. The molecular weight excluding hydrogens is 500 g/mol. The summed E-state index contributed by atoms with van der Waals surface area (Å²) in [4.78, 5) is 57.9. The number of aromatic amines is 1. The lowest BCUT2D eigenvalue weighted by molar-refractivity contribution is -0.135. The van der Waals surface area contributed by atoms with Gasteiger partial charge in [0.25, 0.3) is 11.8 Å². The maximum Gasteiger partial charge on any atom is 0.332 e. The van der Waals surface area contributed by atoms with Crippen molar-refractivity contribution in [3.8, 4) is 5.75 Å². The number of aromatic nitrogens is 1. The predicted octanol–water partition coefficient (Wildman–Crippen LogP) is 3.47. The van der Waals surface area contributed by atoms with Crippen LogP contribution < -0.4 is 15.0 Å². The molecule has 10 nitrogen and oxygen atoms in total. The zero-order chi connectivity index (χ0) is 27.3. The molecule has 3 aromatic carbocycles. The van der Waals surface area contributed by atoms with Gasteiger partial charge in [0.1, 0.15) is 24.4 Å². The number of carboxylic acids is 1. The summed E-state index contributed by atoms with van der Waals surface area (Å²) in [6.45, 7) is -0.592. The molecule has 0 radical (unpaired) electrons. The van der Waals surface area contributed by atoms with Crippen LogP contribution in [0.1, 0.15) is 33.2 Å². The van der Waals surface area contributed by atoms with E-state index in [1.165, 1.54) is 12.1 Å². The molecule has 0 aliphatic carbocycles. The topological polar surface area (TPSA) is 132 Å². The number of H-pyrrole nitrogens is 1. The molecule has 1 fully saturated rings. The summed E-state index contributed by atoms with van der Waals surface area (Å²) in [6, 6.07) is 19.4. The lowest BCUT2D eigenvalue weighted by Gasteiger charge is -2.36. The summed E-state index contributed by atoms with van der Waals surface area (Å²) in [5.74, 6) is -1.69. The lowest BCUT2D eigenvalue weighted by atomic mass is 9.89. The number of carbonyl (C=O) groups excluding carboxylic acids is 3. The first-order valence-corrected chi connectivity index (χ1v) is 12.4. The Kier molecular flexibility index (Phi) is 5.79. The highest BCUT2D eigenvalue weighted by Crippen LogP contribution is 2.45. The minimum Gasteiger partial charge on any atom is -0.497 e. The van der Waals surface area contributed by atoms with Crippen molar-refractivity contribution in [2.24, 2.45) is 0 Å². The van der Waals surface area contributed by atoms with Crippen molar-refractivity contribution in [1.82, 2.24) is 15.2 Å². The third-order valence-electron chi connectivity index (χ3n) is 7.27. The van der Waals surface area contributed by atoms with Gasteiger partial charge in [0.2, 0.25) is 0 Å². The summed E-state index contributed by atoms with van der Waals surface area (Å²) in [7, 11) is 1.58. The van der Waals surface area contributed by atoms with Crippen LogP contribution >= 0.6 is 0 Å². The van der Waals surface area contributed by atoms with Crippen molar-refractivity contribution in [3.05, 3.63) is 95.2 Å². The standard InChI is InChI=1S/C29H24N4O6/c1-39-17-12-10-16(11-13-17)26-25-20(18-6-2-4-8-21(18)31-25)14-23-28(37)33(29(38)32(23)26)22-9-5-3-7-19(22)27(36)30-15-24(34)35/h2-13,23,26,31H,14-15H2,1H3,(H,30,36)(H,34,35). The number of benzene rings is 3. The van der Waals surface area contributed by atoms with Crippen LogP contribution in [0.4, 0.5) is 10.5 Å². The van der Waals surface area contributed by atoms with Gasteiger partial charge in [0.15, 0.2) is 0 Å². The number of imide groups is 1. The van der Waals surface area contributed by atoms with Gasteiger partial charge in [-0.15, -0.1) is 0 Å². The second kappa shape index (κ2) is 9.32. The average molecular weight is 525 g/mol. The number of hydrogen-bond donors (Lipinski definition) is 3. The normalized spacial score (nSPS) is 18.2. The fourth-order valence-electron chi connectivity index (χ4n) is 5.54. The fraction of sp³-hybridized carbons (Fsp3) is 0.172. The van der Waals surface area contributed by atoms with Crippen LogP contribution in [0, 0.1) is 0 Å².